The average molecular weight is 422 g/mol. The summed E-state index contributed by atoms with van der Waals surface area (Å²) < 4.78 is 11.4. The molecule has 0 radical (unpaired) electrons. The molecular formula is C25H31N3O3. The molecule has 0 aliphatic carbocycles. The van der Waals surface area contributed by atoms with E-state index in [1.54, 1.807) is 0 Å². The Kier molecular flexibility index (Phi) is 5.72. The van der Waals surface area contributed by atoms with Crippen molar-refractivity contribution in [2.75, 3.05) is 57.4 Å². The predicted molar refractivity (Wildman–Crippen MR) is 121 cm³/mol. The molecule has 0 aromatic heterocycles. The first-order valence-electron chi connectivity index (χ1n) is 11.4. The number of hydrogen-bond acceptors (Lipinski definition) is 5. The molecule has 0 saturated carbocycles. The van der Waals surface area contributed by atoms with E-state index in [0.29, 0.717) is 19.8 Å². The van der Waals surface area contributed by atoms with Crippen molar-refractivity contribution in [3.05, 3.63) is 53.6 Å². The number of anilines is 1. The predicted octanol–water partition coefficient (Wildman–Crippen LogP) is 3.25. The second kappa shape index (κ2) is 8.79. The minimum Gasteiger partial charge on any atom is -0.486 e. The number of ether oxygens (including phenoxy) is 2. The molecule has 6 nitrogen and oxygen atoms in total. The van der Waals surface area contributed by atoms with Crippen LogP contribution in [-0.2, 0) is 4.79 Å². The van der Waals surface area contributed by atoms with Gasteiger partial charge in [0, 0.05) is 38.4 Å². The fraction of sp³-hybridized carbons (Fsp3) is 0.480. The lowest BCUT2D eigenvalue weighted by molar-refractivity contribution is -0.133. The molecule has 2 aromatic carbocycles. The molecule has 0 bridgehead atoms. The molecule has 0 N–H and O–H groups in total. The second-order valence-corrected chi connectivity index (χ2v) is 8.70. The molecular weight excluding hydrogens is 390 g/mol. The van der Waals surface area contributed by atoms with Gasteiger partial charge in [0.15, 0.2) is 11.5 Å². The monoisotopic (exact) mass is 421 g/mol. The Morgan fingerprint density at radius 1 is 0.968 bits per heavy atom. The van der Waals surface area contributed by atoms with Crippen LogP contribution in [0.25, 0.3) is 0 Å². The van der Waals surface area contributed by atoms with Crippen molar-refractivity contribution in [3.63, 3.8) is 0 Å². The van der Waals surface area contributed by atoms with Gasteiger partial charge in [0.2, 0.25) is 5.91 Å². The van der Waals surface area contributed by atoms with Gasteiger partial charge in [-0.25, -0.2) is 0 Å². The first kappa shape index (κ1) is 20.2. The van der Waals surface area contributed by atoms with Gasteiger partial charge in [0.1, 0.15) is 13.2 Å². The molecule has 3 heterocycles. The van der Waals surface area contributed by atoms with Crippen molar-refractivity contribution in [2.24, 2.45) is 0 Å². The molecule has 2 fully saturated rings. The number of fused-ring (bicyclic) bond motifs is 1. The zero-order chi connectivity index (χ0) is 21.2. The topological polar surface area (TPSA) is 45.2 Å². The van der Waals surface area contributed by atoms with Gasteiger partial charge in [0.25, 0.3) is 0 Å². The van der Waals surface area contributed by atoms with Gasteiger partial charge < -0.3 is 19.3 Å². The highest BCUT2D eigenvalue weighted by atomic mass is 16.6. The van der Waals surface area contributed by atoms with Gasteiger partial charge in [0.05, 0.1) is 12.6 Å². The number of benzene rings is 2. The van der Waals surface area contributed by atoms with E-state index >= 15 is 0 Å². The van der Waals surface area contributed by atoms with Gasteiger partial charge in [-0.1, -0.05) is 24.3 Å². The van der Waals surface area contributed by atoms with Crippen LogP contribution < -0.4 is 14.4 Å². The van der Waals surface area contributed by atoms with E-state index in [1.807, 2.05) is 6.07 Å². The van der Waals surface area contributed by atoms with Crippen LogP contribution in [0.15, 0.2) is 42.5 Å². The van der Waals surface area contributed by atoms with Gasteiger partial charge in [-0.2, -0.15) is 0 Å². The summed E-state index contributed by atoms with van der Waals surface area (Å²) in [7, 11) is 0. The highest BCUT2D eigenvalue weighted by Gasteiger charge is 2.32. The Hall–Kier alpha value is -2.73. The summed E-state index contributed by atoms with van der Waals surface area (Å²) in [5.41, 5.74) is 3.78. The fourth-order valence-corrected chi connectivity index (χ4v) is 5.03. The van der Waals surface area contributed by atoms with Crippen molar-refractivity contribution >= 4 is 11.6 Å². The summed E-state index contributed by atoms with van der Waals surface area (Å²) in [5.74, 6) is 1.84. The zero-order valence-electron chi connectivity index (χ0n) is 18.3. The third-order valence-electron chi connectivity index (χ3n) is 6.71. The van der Waals surface area contributed by atoms with Gasteiger partial charge in [-0.05, 0) is 49.1 Å². The van der Waals surface area contributed by atoms with Crippen molar-refractivity contribution in [3.8, 4) is 11.5 Å². The average Bonchev–Trinajstić information content (AvgIpc) is 3.30. The van der Waals surface area contributed by atoms with Crippen LogP contribution in [0.5, 0.6) is 11.5 Å². The standard InChI is InChI=1S/C25H31N3O3/c1-19-5-2-3-6-21(19)27-13-11-26(12-14-27)18-25(29)28-10-4-7-22(28)20-8-9-23-24(17-20)31-16-15-30-23/h2-3,5-6,8-9,17,22H,4,7,10-16,18H2,1H3. The third-order valence-corrected chi connectivity index (χ3v) is 6.71. The molecule has 164 valence electrons. The second-order valence-electron chi connectivity index (χ2n) is 8.70. The molecule has 3 aliphatic rings. The maximum atomic E-state index is 13.2. The van der Waals surface area contributed by atoms with E-state index in [4.69, 9.17) is 9.47 Å². The van der Waals surface area contributed by atoms with E-state index in [2.05, 4.69) is 58.0 Å². The maximum Gasteiger partial charge on any atom is 0.237 e. The maximum absolute atomic E-state index is 13.2. The number of para-hydroxylation sites is 1. The Bertz CT molecular complexity index is 939. The van der Waals surface area contributed by atoms with Crippen molar-refractivity contribution < 1.29 is 14.3 Å². The number of aryl methyl sites for hydroxylation is 1. The summed E-state index contributed by atoms with van der Waals surface area (Å²) in [6.07, 6.45) is 2.05. The lowest BCUT2D eigenvalue weighted by Crippen LogP contribution is -2.50. The number of carbonyl (C=O) groups is 1. The van der Waals surface area contributed by atoms with Crippen molar-refractivity contribution in [1.29, 1.82) is 0 Å². The first-order chi connectivity index (χ1) is 15.2. The number of likely N-dealkylation sites (tertiary alicyclic amines) is 1. The number of nitrogens with zero attached hydrogens (tertiary/aromatic N) is 3. The van der Waals surface area contributed by atoms with E-state index in [1.165, 1.54) is 11.3 Å². The zero-order valence-corrected chi connectivity index (χ0v) is 18.3. The molecule has 1 unspecified atom stereocenters. The quantitative estimate of drug-likeness (QED) is 0.758. The van der Waals surface area contributed by atoms with Crippen molar-refractivity contribution in [1.82, 2.24) is 9.80 Å². The number of piperazine rings is 1. The SMILES string of the molecule is Cc1ccccc1N1CCN(CC(=O)N2CCCC2c2ccc3c(c2)OCCO3)CC1. The van der Waals surface area contributed by atoms with E-state index in [9.17, 15) is 4.79 Å². The fourth-order valence-electron chi connectivity index (χ4n) is 5.03. The molecule has 1 amide bonds. The summed E-state index contributed by atoms with van der Waals surface area (Å²) in [5, 5.41) is 0. The number of carbonyl (C=O) groups excluding carboxylic acids is 1. The molecule has 2 saturated heterocycles. The van der Waals surface area contributed by atoms with Crippen LogP contribution in [0.2, 0.25) is 0 Å². The van der Waals surface area contributed by atoms with Gasteiger partial charge in [-0.15, -0.1) is 0 Å². The lowest BCUT2D eigenvalue weighted by atomic mass is 10.0. The molecule has 3 aliphatic heterocycles. The minimum absolute atomic E-state index is 0.136. The van der Waals surface area contributed by atoms with Crippen LogP contribution in [-0.4, -0.2) is 68.2 Å². The first-order valence-corrected chi connectivity index (χ1v) is 11.4. The lowest BCUT2D eigenvalue weighted by Gasteiger charge is -2.37. The summed E-state index contributed by atoms with van der Waals surface area (Å²) in [4.78, 5) is 20.0. The number of rotatable bonds is 4. The minimum atomic E-state index is 0.136. The highest BCUT2D eigenvalue weighted by molar-refractivity contribution is 5.79. The van der Waals surface area contributed by atoms with Gasteiger partial charge >= 0.3 is 0 Å². The van der Waals surface area contributed by atoms with Gasteiger partial charge in [-0.3, -0.25) is 9.69 Å². The smallest absolute Gasteiger partial charge is 0.237 e. The third kappa shape index (κ3) is 4.22. The molecule has 5 rings (SSSR count). The van der Waals surface area contributed by atoms with E-state index in [-0.39, 0.29) is 11.9 Å². The molecule has 1 atom stereocenters. The molecule has 6 heteroatoms. The van der Waals surface area contributed by atoms with E-state index in [0.717, 1.165) is 62.6 Å². The summed E-state index contributed by atoms with van der Waals surface area (Å²) >= 11 is 0. The Labute approximate surface area is 184 Å². The molecule has 0 spiro atoms. The van der Waals surface area contributed by atoms with E-state index < -0.39 is 0 Å². The van der Waals surface area contributed by atoms with Crippen LogP contribution in [0.3, 0.4) is 0 Å². The van der Waals surface area contributed by atoms with Crippen molar-refractivity contribution in [2.45, 2.75) is 25.8 Å². The highest BCUT2D eigenvalue weighted by Crippen LogP contribution is 2.38. The van der Waals surface area contributed by atoms with Crippen LogP contribution in [0.1, 0.15) is 30.0 Å². The largest absolute Gasteiger partial charge is 0.486 e. The normalized spacial score (nSPS) is 21.4. The van der Waals surface area contributed by atoms with Crippen LogP contribution in [0, 0.1) is 6.92 Å². The van der Waals surface area contributed by atoms with Crippen LogP contribution >= 0.6 is 0 Å². The number of hydrogen-bond donors (Lipinski definition) is 0. The Balaban J connectivity index is 1.20. The molecule has 31 heavy (non-hydrogen) atoms. The Morgan fingerprint density at radius 2 is 1.74 bits per heavy atom. The summed E-state index contributed by atoms with van der Waals surface area (Å²) in [6.45, 7) is 8.44. The van der Waals surface area contributed by atoms with Crippen LogP contribution in [0.4, 0.5) is 5.69 Å². The summed E-state index contributed by atoms with van der Waals surface area (Å²) in [6, 6.07) is 14.8. The Morgan fingerprint density at radius 3 is 2.55 bits per heavy atom. The molecule has 2 aromatic rings. The number of amides is 1.